The summed E-state index contributed by atoms with van der Waals surface area (Å²) in [6.45, 7) is 0. The molecule has 58 valence electrons. The number of rotatable bonds is 1. The van der Waals surface area contributed by atoms with Crippen LogP contribution in [0.2, 0.25) is 0 Å². The van der Waals surface area contributed by atoms with Crippen LogP contribution in [0.15, 0.2) is 0 Å². The van der Waals surface area contributed by atoms with Crippen LogP contribution in [-0.2, 0) is 4.79 Å². The number of hydrogen-bond acceptors (Lipinski definition) is 2. The zero-order chi connectivity index (χ0) is 7.56. The number of amides is 1. The van der Waals surface area contributed by atoms with Crippen LogP contribution in [0.3, 0.4) is 0 Å². The van der Waals surface area contributed by atoms with E-state index in [9.17, 15) is 4.79 Å². The van der Waals surface area contributed by atoms with E-state index in [1.54, 1.807) is 0 Å². The first kappa shape index (κ1) is 8.11. The van der Waals surface area contributed by atoms with Gasteiger partial charge in [0.2, 0.25) is 5.91 Å². The van der Waals surface area contributed by atoms with Gasteiger partial charge in [-0.25, -0.2) is 0 Å². The van der Waals surface area contributed by atoms with Crippen molar-refractivity contribution in [2.24, 2.45) is 0 Å². The average molecular weight is 183 g/mol. The molecule has 0 bridgehead atoms. The van der Waals surface area contributed by atoms with Crippen LogP contribution in [0, 0.1) is 0 Å². The maximum Gasteiger partial charge on any atom is 0.224 e. The van der Waals surface area contributed by atoms with E-state index in [0.29, 0.717) is 12.3 Å². The van der Waals surface area contributed by atoms with Gasteiger partial charge in [-0.15, -0.1) is 23.2 Å². The molecular weight excluding hydrogens is 175 g/mol. The van der Waals surface area contributed by atoms with Gasteiger partial charge in [-0.3, -0.25) is 10.1 Å². The molecule has 1 rings (SSSR count). The molecule has 0 aromatic rings. The van der Waals surface area contributed by atoms with Crippen LogP contribution < -0.4 is 10.6 Å². The van der Waals surface area contributed by atoms with Crippen LogP contribution in [0.4, 0.5) is 0 Å². The molecule has 3 nitrogen and oxygen atoms in total. The quantitative estimate of drug-likeness (QED) is 0.451. The van der Waals surface area contributed by atoms with Gasteiger partial charge in [0.15, 0.2) is 0 Å². The van der Waals surface area contributed by atoms with Crippen molar-refractivity contribution in [3.8, 4) is 0 Å². The zero-order valence-electron chi connectivity index (χ0n) is 5.23. The Kier molecular flexibility index (Phi) is 2.77. The Labute approximate surface area is 69.1 Å². The van der Waals surface area contributed by atoms with Gasteiger partial charge in [0.1, 0.15) is 0 Å². The minimum Gasteiger partial charge on any atom is -0.339 e. The molecule has 1 saturated heterocycles. The zero-order valence-corrected chi connectivity index (χ0v) is 6.74. The standard InChI is InChI=1S/C5H8Cl2N2O/c6-2-4-8-3(7)1-5(10)9-4/h3-4,8H,1-2H2,(H,9,10). The highest BCUT2D eigenvalue weighted by Gasteiger charge is 2.22. The van der Waals surface area contributed by atoms with E-state index in [1.165, 1.54) is 0 Å². The van der Waals surface area contributed by atoms with Crippen molar-refractivity contribution in [3.63, 3.8) is 0 Å². The van der Waals surface area contributed by atoms with Gasteiger partial charge >= 0.3 is 0 Å². The normalized spacial score (nSPS) is 33.6. The third kappa shape index (κ3) is 2.01. The lowest BCUT2D eigenvalue weighted by atomic mass is 10.3. The monoisotopic (exact) mass is 182 g/mol. The minimum absolute atomic E-state index is 0.0515. The topological polar surface area (TPSA) is 41.1 Å². The third-order valence-corrected chi connectivity index (χ3v) is 1.83. The molecule has 2 atom stereocenters. The van der Waals surface area contributed by atoms with Crippen molar-refractivity contribution in [3.05, 3.63) is 0 Å². The summed E-state index contributed by atoms with van der Waals surface area (Å²) >= 11 is 11.1. The van der Waals surface area contributed by atoms with E-state index >= 15 is 0 Å². The number of nitrogens with one attached hydrogen (secondary N) is 2. The van der Waals surface area contributed by atoms with Gasteiger partial charge < -0.3 is 5.32 Å². The van der Waals surface area contributed by atoms with E-state index in [-0.39, 0.29) is 17.6 Å². The molecule has 1 aliphatic heterocycles. The van der Waals surface area contributed by atoms with Gasteiger partial charge in [0.05, 0.1) is 24.0 Å². The molecule has 0 saturated carbocycles. The van der Waals surface area contributed by atoms with Crippen molar-refractivity contribution in [1.29, 1.82) is 0 Å². The smallest absolute Gasteiger partial charge is 0.224 e. The van der Waals surface area contributed by atoms with Crippen molar-refractivity contribution in [2.75, 3.05) is 5.88 Å². The summed E-state index contributed by atoms with van der Waals surface area (Å²) in [5, 5.41) is 5.53. The van der Waals surface area contributed by atoms with Gasteiger partial charge in [0.25, 0.3) is 0 Å². The Morgan fingerprint density at radius 2 is 2.40 bits per heavy atom. The van der Waals surface area contributed by atoms with Crippen molar-refractivity contribution >= 4 is 29.1 Å². The number of hydrogen-bond donors (Lipinski definition) is 2. The minimum atomic E-state index is -0.280. The van der Waals surface area contributed by atoms with Crippen molar-refractivity contribution < 1.29 is 4.79 Å². The molecule has 0 aromatic carbocycles. The summed E-state index contributed by atoms with van der Waals surface area (Å²) in [5.74, 6) is 0.291. The van der Waals surface area contributed by atoms with Gasteiger partial charge in [0, 0.05) is 0 Å². The highest BCUT2D eigenvalue weighted by molar-refractivity contribution is 6.22. The molecule has 0 radical (unpaired) electrons. The number of carbonyl (C=O) groups is 1. The first-order valence-corrected chi connectivity index (χ1v) is 3.95. The molecule has 0 spiro atoms. The van der Waals surface area contributed by atoms with Crippen molar-refractivity contribution in [1.82, 2.24) is 10.6 Å². The van der Waals surface area contributed by atoms with Gasteiger partial charge in [-0.05, 0) is 0 Å². The lowest BCUT2D eigenvalue weighted by Gasteiger charge is -2.26. The molecule has 0 aliphatic carbocycles. The molecule has 2 N–H and O–H groups in total. The molecule has 0 aromatic heterocycles. The van der Waals surface area contributed by atoms with Crippen LogP contribution >= 0.6 is 23.2 Å². The summed E-state index contributed by atoms with van der Waals surface area (Å²) in [5.41, 5.74) is -0.280. The predicted octanol–water partition coefficient (Wildman–Crippen LogP) is 0.226. The van der Waals surface area contributed by atoms with E-state index in [0.717, 1.165) is 0 Å². The number of halogens is 2. The Morgan fingerprint density at radius 3 is 2.90 bits per heavy atom. The molecule has 1 aliphatic rings. The fourth-order valence-corrected chi connectivity index (χ4v) is 1.28. The first-order valence-electron chi connectivity index (χ1n) is 2.98. The molecule has 1 heterocycles. The maximum atomic E-state index is 10.7. The van der Waals surface area contributed by atoms with Gasteiger partial charge in [-0.2, -0.15) is 0 Å². The highest BCUT2D eigenvalue weighted by atomic mass is 35.5. The fraction of sp³-hybridized carbons (Fsp3) is 0.800. The lowest BCUT2D eigenvalue weighted by Crippen LogP contribution is -2.55. The Bertz CT molecular complexity index is 142. The second-order valence-electron chi connectivity index (χ2n) is 2.11. The van der Waals surface area contributed by atoms with Crippen LogP contribution in [0.25, 0.3) is 0 Å². The van der Waals surface area contributed by atoms with Crippen LogP contribution in [0.1, 0.15) is 6.42 Å². The van der Waals surface area contributed by atoms with Crippen LogP contribution in [0.5, 0.6) is 0 Å². The van der Waals surface area contributed by atoms with E-state index in [4.69, 9.17) is 23.2 Å². The predicted molar refractivity (Wildman–Crippen MR) is 40.0 cm³/mol. The Balaban J connectivity index is 2.42. The van der Waals surface area contributed by atoms with E-state index in [2.05, 4.69) is 10.6 Å². The molecule has 2 unspecified atom stereocenters. The summed E-state index contributed by atoms with van der Waals surface area (Å²) in [4.78, 5) is 10.7. The fourth-order valence-electron chi connectivity index (χ4n) is 0.818. The van der Waals surface area contributed by atoms with E-state index < -0.39 is 0 Å². The van der Waals surface area contributed by atoms with Crippen molar-refractivity contribution in [2.45, 2.75) is 18.1 Å². The Morgan fingerprint density at radius 1 is 1.70 bits per heavy atom. The molecule has 1 amide bonds. The van der Waals surface area contributed by atoms with Crippen LogP contribution in [-0.4, -0.2) is 23.5 Å². The number of alkyl halides is 2. The average Bonchev–Trinajstić information content (AvgIpc) is 1.85. The Hall–Kier alpha value is 0.01000. The second kappa shape index (κ2) is 3.42. The summed E-state index contributed by atoms with van der Waals surface area (Å²) < 4.78 is 0. The summed E-state index contributed by atoms with van der Waals surface area (Å²) in [6, 6.07) is 0. The first-order chi connectivity index (χ1) is 4.72. The summed E-state index contributed by atoms with van der Waals surface area (Å²) in [6.07, 6.45) is 0.139. The van der Waals surface area contributed by atoms with E-state index in [1.807, 2.05) is 0 Å². The van der Waals surface area contributed by atoms with Gasteiger partial charge in [-0.1, -0.05) is 0 Å². The lowest BCUT2D eigenvalue weighted by molar-refractivity contribution is -0.123. The largest absolute Gasteiger partial charge is 0.339 e. The number of carbonyl (C=O) groups excluding carboxylic acids is 1. The third-order valence-electron chi connectivity index (χ3n) is 1.24. The maximum absolute atomic E-state index is 10.7. The SMILES string of the molecule is O=C1CC(Cl)NC(CCl)N1. The molecule has 1 fully saturated rings. The molecule has 10 heavy (non-hydrogen) atoms. The second-order valence-corrected chi connectivity index (χ2v) is 2.95. The summed E-state index contributed by atoms with van der Waals surface area (Å²) in [7, 11) is 0. The highest BCUT2D eigenvalue weighted by Crippen LogP contribution is 2.04. The molecule has 5 heteroatoms. The molecular formula is C5H8Cl2N2O.